The van der Waals surface area contributed by atoms with Gasteiger partial charge in [-0.3, -0.25) is 0 Å². The quantitative estimate of drug-likeness (QED) is 0.363. The fourth-order valence-electron chi connectivity index (χ4n) is 3.14. The minimum Gasteiger partial charge on any atom is -0.505 e. The monoisotopic (exact) mass is 494 g/mol. The fourth-order valence-corrected chi connectivity index (χ4v) is 3.61. The number of ether oxygens (including phenoxy) is 2. The molecule has 2 N–H and O–H groups in total. The second-order valence-corrected chi connectivity index (χ2v) is 7.46. The van der Waals surface area contributed by atoms with Crippen LogP contribution in [0.25, 0.3) is 22.2 Å². The zero-order valence-electron chi connectivity index (χ0n) is 17.3. The Morgan fingerprint density at radius 1 is 0.848 bits per heavy atom. The Labute approximate surface area is 195 Å². The number of nitrogens with zero attached hydrogens (tertiary/aromatic N) is 2. The van der Waals surface area contributed by atoms with Gasteiger partial charge >= 0.3 is 11.9 Å². The van der Waals surface area contributed by atoms with Gasteiger partial charge < -0.3 is 28.5 Å². The molecule has 4 aromatic rings. The molecule has 0 amide bonds. The molecule has 0 aliphatic heterocycles. The van der Waals surface area contributed by atoms with Crippen LogP contribution in [0.2, 0.25) is 10.0 Å². The Kier molecular flexibility index (Phi) is 6.05. The minimum absolute atomic E-state index is 0.0545. The number of halogens is 2. The largest absolute Gasteiger partial charge is 0.505 e. The number of rotatable bonds is 6. The predicted octanol–water partition coefficient (Wildman–Crippen LogP) is 4.63. The van der Waals surface area contributed by atoms with Gasteiger partial charge in [-0.15, -0.1) is 0 Å². The number of phenolic OH excluding ortho intramolecular Hbond substituents is 2. The molecule has 0 fully saturated rings. The highest BCUT2D eigenvalue weighted by atomic mass is 35.5. The molecule has 0 aliphatic carbocycles. The highest BCUT2D eigenvalue weighted by Crippen LogP contribution is 2.38. The lowest BCUT2D eigenvalue weighted by Crippen LogP contribution is -2.05. The third-order valence-corrected chi connectivity index (χ3v) is 5.28. The van der Waals surface area contributed by atoms with Crippen molar-refractivity contribution in [3.05, 3.63) is 45.1 Å². The van der Waals surface area contributed by atoms with E-state index in [1.807, 2.05) is 0 Å². The van der Waals surface area contributed by atoms with Gasteiger partial charge in [0.15, 0.2) is 22.7 Å². The molecule has 0 aliphatic rings. The highest BCUT2D eigenvalue weighted by molar-refractivity contribution is 6.37. The lowest BCUT2D eigenvalue weighted by Gasteiger charge is -2.05. The number of hydrogen-bond acceptors (Lipinski definition) is 10. The molecule has 172 valence electrons. The molecule has 0 saturated heterocycles. The summed E-state index contributed by atoms with van der Waals surface area (Å²) in [6, 6.07) is 2.60. The number of carbonyl (C=O) groups is 2. The van der Waals surface area contributed by atoms with E-state index in [4.69, 9.17) is 41.5 Å². The van der Waals surface area contributed by atoms with E-state index < -0.39 is 23.4 Å². The molecular formula is C21H16Cl2N2O8. The Morgan fingerprint density at radius 3 is 1.61 bits per heavy atom. The van der Waals surface area contributed by atoms with Crippen molar-refractivity contribution in [2.75, 3.05) is 13.2 Å². The van der Waals surface area contributed by atoms with Gasteiger partial charge in [-0.25, -0.2) is 19.6 Å². The second kappa shape index (κ2) is 8.80. The first-order valence-corrected chi connectivity index (χ1v) is 10.5. The molecule has 0 spiro atoms. The van der Waals surface area contributed by atoms with E-state index >= 15 is 0 Å². The number of fused-ring (bicyclic) bond motifs is 2. The van der Waals surface area contributed by atoms with Crippen LogP contribution in [0.4, 0.5) is 0 Å². The van der Waals surface area contributed by atoms with Gasteiger partial charge in [0.05, 0.1) is 13.2 Å². The van der Waals surface area contributed by atoms with E-state index in [9.17, 15) is 19.8 Å². The summed E-state index contributed by atoms with van der Waals surface area (Å²) in [6.07, 6.45) is -0.0545. The van der Waals surface area contributed by atoms with Gasteiger partial charge in [0, 0.05) is 0 Å². The zero-order valence-corrected chi connectivity index (χ0v) is 18.8. The average Bonchev–Trinajstić information content (AvgIpc) is 3.37. The molecule has 0 radical (unpaired) electrons. The molecule has 10 nitrogen and oxygen atoms in total. The number of phenols is 2. The molecule has 2 heterocycles. The maximum atomic E-state index is 12.0. The summed E-state index contributed by atoms with van der Waals surface area (Å²) in [5.74, 6) is -2.25. The van der Waals surface area contributed by atoms with Crippen LogP contribution >= 0.6 is 23.2 Å². The molecule has 2 aromatic heterocycles. The van der Waals surface area contributed by atoms with Crippen molar-refractivity contribution in [2.24, 2.45) is 0 Å². The predicted molar refractivity (Wildman–Crippen MR) is 116 cm³/mol. The summed E-state index contributed by atoms with van der Waals surface area (Å²) < 4.78 is 21.0. The number of aromatic hydroxyl groups is 2. The molecule has 0 atom stereocenters. The molecule has 4 rings (SSSR count). The van der Waals surface area contributed by atoms with E-state index in [1.54, 1.807) is 13.8 Å². The summed E-state index contributed by atoms with van der Waals surface area (Å²) >= 11 is 12.3. The van der Waals surface area contributed by atoms with Crippen LogP contribution in [0.15, 0.2) is 21.0 Å². The van der Waals surface area contributed by atoms with Crippen LogP contribution in [0.3, 0.4) is 0 Å². The standard InChI is InChI=1S/C21H16Cl2N2O8/c1-3-30-20(28)8-5-10-18(14(22)16(8)26)32-12(24-10)7-13-25-11-6-9(21(29)31-4-2)17(27)15(23)19(11)33-13/h5-6,26-27H,3-4,7H2,1-2H3. The molecule has 12 heteroatoms. The molecule has 2 aromatic carbocycles. The maximum absolute atomic E-state index is 12.0. The number of aromatic nitrogens is 2. The normalized spacial score (nSPS) is 11.3. The summed E-state index contributed by atoms with van der Waals surface area (Å²) in [6.45, 7) is 3.49. The van der Waals surface area contributed by atoms with E-state index in [2.05, 4.69) is 9.97 Å². The smallest absolute Gasteiger partial charge is 0.342 e. The average molecular weight is 495 g/mol. The van der Waals surface area contributed by atoms with Crippen molar-refractivity contribution in [1.82, 2.24) is 9.97 Å². The first kappa shape index (κ1) is 22.7. The molecule has 0 bridgehead atoms. The summed E-state index contributed by atoms with van der Waals surface area (Å²) in [5.41, 5.74) is 0.260. The van der Waals surface area contributed by atoms with Crippen molar-refractivity contribution in [3.63, 3.8) is 0 Å². The Morgan fingerprint density at radius 2 is 1.24 bits per heavy atom. The number of hydrogen-bond donors (Lipinski definition) is 2. The maximum Gasteiger partial charge on any atom is 0.342 e. The number of oxazole rings is 2. The Bertz CT molecular complexity index is 1300. The molecule has 0 saturated carbocycles. The van der Waals surface area contributed by atoms with Crippen LogP contribution in [0.1, 0.15) is 46.3 Å². The van der Waals surface area contributed by atoms with Crippen LogP contribution in [0.5, 0.6) is 11.5 Å². The summed E-state index contributed by atoms with van der Waals surface area (Å²) in [7, 11) is 0. The second-order valence-electron chi connectivity index (χ2n) is 6.70. The van der Waals surface area contributed by atoms with Crippen LogP contribution in [-0.2, 0) is 15.9 Å². The molecular weight excluding hydrogens is 479 g/mol. The van der Waals surface area contributed by atoms with Crippen molar-refractivity contribution in [2.45, 2.75) is 20.3 Å². The Hall–Kier alpha value is -3.50. The van der Waals surface area contributed by atoms with Crippen LogP contribution < -0.4 is 0 Å². The van der Waals surface area contributed by atoms with Crippen molar-refractivity contribution in [3.8, 4) is 11.5 Å². The third kappa shape index (κ3) is 4.03. The van der Waals surface area contributed by atoms with Gasteiger partial charge in [-0.05, 0) is 26.0 Å². The van der Waals surface area contributed by atoms with Gasteiger partial charge in [0.25, 0.3) is 0 Å². The first-order chi connectivity index (χ1) is 15.7. The van der Waals surface area contributed by atoms with E-state index in [0.717, 1.165) is 0 Å². The summed E-state index contributed by atoms with van der Waals surface area (Å²) in [4.78, 5) is 32.6. The van der Waals surface area contributed by atoms with E-state index in [-0.39, 0.29) is 74.8 Å². The van der Waals surface area contributed by atoms with Crippen molar-refractivity contribution < 1.29 is 38.1 Å². The zero-order chi connectivity index (χ0) is 23.9. The molecule has 33 heavy (non-hydrogen) atoms. The first-order valence-electron chi connectivity index (χ1n) is 9.71. The molecule has 0 unspecified atom stereocenters. The lowest BCUT2D eigenvalue weighted by molar-refractivity contribution is 0.0513. The highest BCUT2D eigenvalue weighted by Gasteiger charge is 2.24. The topological polar surface area (TPSA) is 145 Å². The third-order valence-electron chi connectivity index (χ3n) is 4.58. The van der Waals surface area contributed by atoms with Gasteiger partial charge in [0.1, 0.15) is 38.6 Å². The van der Waals surface area contributed by atoms with Crippen molar-refractivity contribution in [1.29, 1.82) is 0 Å². The van der Waals surface area contributed by atoms with Crippen LogP contribution in [-0.4, -0.2) is 45.3 Å². The number of carbonyl (C=O) groups excluding carboxylic acids is 2. The number of esters is 2. The van der Waals surface area contributed by atoms with Gasteiger partial charge in [0.2, 0.25) is 11.8 Å². The van der Waals surface area contributed by atoms with E-state index in [1.165, 1.54) is 12.1 Å². The Balaban J connectivity index is 1.71. The number of benzene rings is 2. The minimum atomic E-state index is -0.755. The van der Waals surface area contributed by atoms with Crippen molar-refractivity contribution >= 4 is 57.3 Å². The SMILES string of the molecule is CCOC(=O)c1cc2nc(Cc3nc4cc(C(=O)OCC)c(O)c(Cl)c4o3)oc2c(Cl)c1O. The van der Waals surface area contributed by atoms with Gasteiger partial charge in [-0.2, -0.15) is 0 Å². The summed E-state index contributed by atoms with van der Waals surface area (Å²) in [5, 5.41) is 20.1. The van der Waals surface area contributed by atoms with Crippen LogP contribution in [0, 0.1) is 0 Å². The fraction of sp³-hybridized carbons (Fsp3) is 0.238. The van der Waals surface area contributed by atoms with E-state index in [0.29, 0.717) is 0 Å². The lowest BCUT2D eigenvalue weighted by atomic mass is 10.2. The van der Waals surface area contributed by atoms with Gasteiger partial charge in [-0.1, -0.05) is 23.2 Å².